The van der Waals surface area contributed by atoms with Crippen molar-refractivity contribution in [1.29, 1.82) is 0 Å². The van der Waals surface area contributed by atoms with Crippen molar-refractivity contribution >= 4 is 0 Å². The summed E-state index contributed by atoms with van der Waals surface area (Å²) in [6.45, 7) is 5.95. The molecule has 0 saturated carbocycles. The monoisotopic (exact) mass is 212 g/mol. The van der Waals surface area contributed by atoms with Crippen LogP contribution in [0.1, 0.15) is 32.4 Å². The molecule has 0 aromatic carbocycles. The highest BCUT2D eigenvalue weighted by atomic mass is 16.5. The Labute approximate surface area is 90.7 Å². The normalized spacial score (nSPS) is 11.9. The van der Waals surface area contributed by atoms with E-state index in [1.165, 1.54) is 0 Å². The second-order valence-electron chi connectivity index (χ2n) is 3.96. The fourth-order valence-corrected chi connectivity index (χ4v) is 1.56. The Hall–Kier alpha value is -0.870. The van der Waals surface area contributed by atoms with Crippen LogP contribution in [0.2, 0.25) is 0 Å². The van der Waals surface area contributed by atoms with E-state index in [-0.39, 0.29) is 12.0 Å². The maximum atomic E-state index is 9.36. The average Bonchev–Trinajstić information content (AvgIpc) is 2.78. The zero-order chi connectivity index (χ0) is 11.1. The van der Waals surface area contributed by atoms with Crippen LogP contribution in [0.25, 0.3) is 0 Å². The van der Waals surface area contributed by atoms with Gasteiger partial charge in [0, 0.05) is 31.2 Å². The molecule has 1 aromatic heterocycles. The molecule has 0 aliphatic heterocycles. The van der Waals surface area contributed by atoms with Crippen LogP contribution < -0.4 is 5.32 Å². The van der Waals surface area contributed by atoms with Gasteiger partial charge in [0.05, 0.1) is 5.69 Å². The lowest BCUT2D eigenvalue weighted by Crippen LogP contribution is -2.36. The van der Waals surface area contributed by atoms with E-state index in [0.717, 1.165) is 25.1 Å². The number of aromatic nitrogens is 1. The minimum absolute atomic E-state index is 0.00371. The minimum Gasteiger partial charge on any atom is -0.396 e. The molecule has 15 heavy (non-hydrogen) atoms. The molecule has 4 heteroatoms. The zero-order valence-corrected chi connectivity index (χ0v) is 9.49. The zero-order valence-electron chi connectivity index (χ0n) is 9.49. The molecule has 0 atom stereocenters. The molecule has 0 radical (unpaired) electrons. The van der Waals surface area contributed by atoms with Gasteiger partial charge in [-0.15, -0.1) is 0 Å². The van der Waals surface area contributed by atoms with E-state index in [0.29, 0.717) is 6.54 Å². The summed E-state index contributed by atoms with van der Waals surface area (Å²) >= 11 is 0. The summed E-state index contributed by atoms with van der Waals surface area (Å²) in [7, 11) is 0. The smallest absolute Gasteiger partial charge is 0.124 e. The number of aliphatic hydroxyl groups excluding tert-OH is 1. The fraction of sp³-hybridized carbons (Fsp3) is 0.727. The summed E-state index contributed by atoms with van der Waals surface area (Å²) in [5.41, 5.74) is 0.901. The first kappa shape index (κ1) is 12.2. The van der Waals surface area contributed by atoms with Crippen LogP contribution in [0.3, 0.4) is 0 Å². The Balaban J connectivity index is 2.34. The Bertz CT molecular complexity index is 247. The number of hydrogen-bond donors (Lipinski definition) is 2. The SMILES string of the molecule is CCC(CC)(CO)CNCc1ccon1. The van der Waals surface area contributed by atoms with Gasteiger partial charge in [0.1, 0.15) is 6.26 Å². The summed E-state index contributed by atoms with van der Waals surface area (Å²) in [6.07, 6.45) is 3.52. The van der Waals surface area contributed by atoms with E-state index in [2.05, 4.69) is 24.3 Å². The van der Waals surface area contributed by atoms with Crippen molar-refractivity contribution in [1.82, 2.24) is 10.5 Å². The molecule has 0 saturated heterocycles. The molecule has 4 nitrogen and oxygen atoms in total. The third-order valence-corrected chi connectivity index (χ3v) is 3.13. The third kappa shape index (κ3) is 3.32. The summed E-state index contributed by atoms with van der Waals surface area (Å²) in [6, 6.07) is 1.84. The number of nitrogens with one attached hydrogen (secondary N) is 1. The summed E-state index contributed by atoms with van der Waals surface area (Å²) < 4.78 is 4.74. The highest BCUT2D eigenvalue weighted by molar-refractivity contribution is 4.94. The molecular formula is C11H20N2O2. The number of rotatable bonds is 7. The number of hydrogen-bond acceptors (Lipinski definition) is 4. The topological polar surface area (TPSA) is 58.3 Å². The molecule has 0 amide bonds. The maximum Gasteiger partial charge on any atom is 0.124 e. The lowest BCUT2D eigenvalue weighted by atomic mass is 9.83. The van der Waals surface area contributed by atoms with Crippen molar-refractivity contribution in [2.75, 3.05) is 13.2 Å². The first-order valence-corrected chi connectivity index (χ1v) is 5.47. The van der Waals surface area contributed by atoms with Crippen LogP contribution in [0.5, 0.6) is 0 Å². The highest BCUT2D eigenvalue weighted by Crippen LogP contribution is 2.24. The predicted octanol–water partition coefficient (Wildman–Crippen LogP) is 1.56. The molecule has 1 rings (SSSR count). The lowest BCUT2D eigenvalue weighted by Gasteiger charge is -2.29. The van der Waals surface area contributed by atoms with Crippen LogP contribution in [-0.4, -0.2) is 23.4 Å². The van der Waals surface area contributed by atoms with Crippen LogP contribution in [0.4, 0.5) is 0 Å². The molecular weight excluding hydrogens is 192 g/mol. The van der Waals surface area contributed by atoms with Crippen molar-refractivity contribution in [3.05, 3.63) is 18.0 Å². The van der Waals surface area contributed by atoms with Crippen molar-refractivity contribution in [2.24, 2.45) is 5.41 Å². The van der Waals surface area contributed by atoms with Gasteiger partial charge >= 0.3 is 0 Å². The molecule has 1 aromatic rings. The predicted molar refractivity (Wildman–Crippen MR) is 58.3 cm³/mol. The van der Waals surface area contributed by atoms with E-state index in [1.807, 2.05) is 6.07 Å². The standard InChI is InChI=1S/C11H20N2O2/c1-3-11(4-2,9-14)8-12-7-10-5-6-15-13-10/h5-6,12,14H,3-4,7-9H2,1-2H3. The van der Waals surface area contributed by atoms with Crippen molar-refractivity contribution in [3.63, 3.8) is 0 Å². The lowest BCUT2D eigenvalue weighted by molar-refractivity contribution is 0.113. The highest BCUT2D eigenvalue weighted by Gasteiger charge is 2.24. The molecule has 0 fully saturated rings. The van der Waals surface area contributed by atoms with Gasteiger partial charge in [0.2, 0.25) is 0 Å². The van der Waals surface area contributed by atoms with Gasteiger partial charge in [-0.1, -0.05) is 19.0 Å². The van der Waals surface area contributed by atoms with E-state index in [4.69, 9.17) is 4.52 Å². The Morgan fingerprint density at radius 1 is 1.47 bits per heavy atom. The van der Waals surface area contributed by atoms with Crippen molar-refractivity contribution in [2.45, 2.75) is 33.2 Å². The Morgan fingerprint density at radius 3 is 2.67 bits per heavy atom. The number of nitrogens with zero attached hydrogens (tertiary/aromatic N) is 1. The summed E-state index contributed by atoms with van der Waals surface area (Å²) in [5, 5.41) is 16.5. The van der Waals surface area contributed by atoms with Crippen molar-refractivity contribution < 1.29 is 9.63 Å². The Morgan fingerprint density at radius 2 is 2.20 bits per heavy atom. The van der Waals surface area contributed by atoms with Crippen LogP contribution in [0, 0.1) is 5.41 Å². The second kappa shape index (κ2) is 5.88. The molecule has 86 valence electrons. The molecule has 0 unspecified atom stereocenters. The van der Waals surface area contributed by atoms with E-state index >= 15 is 0 Å². The molecule has 1 heterocycles. The first-order chi connectivity index (χ1) is 7.26. The van der Waals surface area contributed by atoms with Crippen molar-refractivity contribution in [3.8, 4) is 0 Å². The van der Waals surface area contributed by atoms with Gasteiger partial charge in [0.25, 0.3) is 0 Å². The summed E-state index contributed by atoms with van der Waals surface area (Å²) in [5.74, 6) is 0. The molecule has 2 N–H and O–H groups in total. The minimum atomic E-state index is 0.00371. The van der Waals surface area contributed by atoms with Crippen LogP contribution in [0.15, 0.2) is 16.9 Å². The molecule has 0 bridgehead atoms. The number of aliphatic hydroxyl groups is 1. The van der Waals surface area contributed by atoms with E-state index < -0.39 is 0 Å². The van der Waals surface area contributed by atoms with Crippen LogP contribution in [-0.2, 0) is 6.54 Å². The Kier molecular flexibility index (Phi) is 4.78. The quantitative estimate of drug-likeness (QED) is 0.720. The average molecular weight is 212 g/mol. The fourth-order valence-electron chi connectivity index (χ4n) is 1.56. The van der Waals surface area contributed by atoms with Gasteiger partial charge in [-0.2, -0.15) is 0 Å². The summed E-state index contributed by atoms with van der Waals surface area (Å²) in [4.78, 5) is 0. The van der Waals surface area contributed by atoms with Gasteiger partial charge in [0.15, 0.2) is 0 Å². The van der Waals surface area contributed by atoms with Gasteiger partial charge in [-0.3, -0.25) is 0 Å². The van der Waals surface area contributed by atoms with Gasteiger partial charge in [-0.05, 0) is 12.8 Å². The molecule has 0 spiro atoms. The van der Waals surface area contributed by atoms with Gasteiger partial charge in [-0.25, -0.2) is 0 Å². The maximum absolute atomic E-state index is 9.36. The largest absolute Gasteiger partial charge is 0.396 e. The van der Waals surface area contributed by atoms with E-state index in [9.17, 15) is 5.11 Å². The van der Waals surface area contributed by atoms with E-state index in [1.54, 1.807) is 6.26 Å². The molecule has 0 aliphatic carbocycles. The second-order valence-corrected chi connectivity index (χ2v) is 3.96. The van der Waals surface area contributed by atoms with Gasteiger partial charge < -0.3 is 14.9 Å². The molecule has 0 aliphatic rings. The van der Waals surface area contributed by atoms with Crippen LogP contribution >= 0.6 is 0 Å². The first-order valence-electron chi connectivity index (χ1n) is 5.47. The third-order valence-electron chi connectivity index (χ3n) is 3.13.